The predicted molar refractivity (Wildman–Crippen MR) is 125 cm³/mol. The number of nitrogens with zero attached hydrogens (tertiary/aromatic N) is 3. The highest BCUT2D eigenvalue weighted by Gasteiger charge is 2.45. The second kappa shape index (κ2) is 10.2. The van der Waals surface area contributed by atoms with E-state index in [4.69, 9.17) is 4.74 Å². The summed E-state index contributed by atoms with van der Waals surface area (Å²) in [6, 6.07) is 15.6. The molecule has 1 aliphatic rings. The number of carbonyl (C=O) groups excluding carboxylic acids is 2. The summed E-state index contributed by atoms with van der Waals surface area (Å²) >= 11 is 0. The molecule has 1 N–H and O–H groups in total. The Balaban J connectivity index is 1.66. The maximum absolute atomic E-state index is 13.1. The fourth-order valence-corrected chi connectivity index (χ4v) is 4.02. The van der Waals surface area contributed by atoms with Gasteiger partial charge in [0.05, 0.1) is 24.5 Å². The van der Waals surface area contributed by atoms with Crippen molar-refractivity contribution in [1.82, 2.24) is 14.5 Å². The van der Waals surface area contributed by atoms with Crippen molar-refractivity contribution in [2.45, 2.75) is 32.4 Å². The molecule has 1 aromatic heterocycles. The van der Waals surface area contributed by atoms with Gasteiger partial charge in [0.25, 0.3) is 11.7 Å². The SMILES string of the molecule is CCCOc1ccc(C(O)=C2C(=O)C(=O)N(CCCn3ccnc3)[C@@H]2c2ccccc2)cc1. The van der Waals surface area contributed by atoms with Crippen LogP contribution in [0.4, 0.5) is 0 Å². The number of ketones is 1. The monoisotopic (exact) mass is 445 g/mol. The number of benzene rings is 2. The molecule has 33 heavy (non-hydrogen) atoms. The Labute approximate surface area is 192 Å². The summed E-state index contributed by atoms with van der Waals surface area (Å²) in [5.41, 5.74) is 1.36. The summed E-state index contributed by atoms with van der Waals surface area (Å²) < 4.78 is 7.53. The fourth-order valence-electron chi connectivity index (χ4n) is 4.02. The van der Waals surface area contributed by atoms with Crippen LogP contribution in [0.25, 0.3) is 5.76 Å². The van der Waals surface area contributed by atoms with E-state index in [1.54, 1.807) is 41.7 Å². The Morgan fingerprint density at radius 2 is 1.82 bits per heavy atom. The second-order valence-electron chi connectivity index (χ2n) is 7.93. The molecule has 7 nitrogen and oxygen atoms in total. The molecule has 1 aliphatic heterocycles. The molecular formula is C26H27N3O4. The maximum atomic E-state index is 13.1. The van der Waals surface area contributed by atoms with Crippen molar-refractivity contribution in [3.63, 3.8) is 0 Å². The average molecular weight is 446 g/mol. The molecule has 0 unspecified atom stereocenters. The Hall–Kier alpha value is -3.87. The third-order valence-electron chi connectivity index (χ3n) is 5.63. The van der Waals surface area contributed by atoms with Crippen molar-refractivity contribution in [3.05, 3.63) is 90.0 Å². The summed E-state index contributed by atoms with van der Waals surface area (Å²) in [4.78, 5) is 31.6. The van der Waals surface area contributed by atoms with E-state index < -0.39 is 17.7 Å². The molecule has 1 atom stereocenters. The van der Waals surface area contributed by atoms with Crippen LogP contribution < -0.4 is 4.74 Å². The molecule has 2 aromatic carbocycles. The molecule has 4 rings (SSSR count). The minimum atomic E-state index is -0.671. The number of hydrogen-bond donors (Lipinski definition) is 1. The molecule has 0 aliphatic carbocycles. The lowest BCUT2D eigenvalue weighted by Crippen LogP contribution is -2.31. The lowest BCUT2D eigenvalue weighted by Gasteiger charge is -2.25. The maximum Gasteiger partial charge on any atom is 0.295 e. The number of aryl methyl sites for hydroxylation is 1. The summed E-state index contributed by atoms with van der Waals surface area (Å²) in [5, 5.41) is 11.1. The Morgan fingerprint density at radius 3 is 2.48 bits per heavy atom. The van der Waals surface area contributed by atoms with Crippen molar-refractivity contribution < 1.29 is 19.4 Å². The van der Waals surface area contributed by atoms with E-state index in [-0.39, 0.29) is 11.3 Å². The van der Waals surface area contributed by atoms with Crippen molar-refractivity contribution in [2.24, 2.45) is 0 Å². The van der Waals surface area contributed by atoms with E-state index >= 15 is 0 Å². The first kappa shape index (κ1) is 22.3. The highest BCUT2D eigenvalue weighted by molar-refractivity contribution is 6.46. The number of aliphatic hydroxyl groups excluding tert-OH is 1. The molecule has 0 spiro atoms. The molecule has 2 heterocycles. The zero-order chi connectivity index (χ0) is 23.2. The lowest BCUT2D eigenvalue weighted by molar-refractivity contribution is -0.139. The van der Waals surface area contributed by atoms with Crippen LogP contribution in [0, 0.1) is 0 Å². The van der Waals surface area contributed by atoms with Crippen molar-refractivity contribution >= 4 is 17.4 Å². The van der Waals surface area contributed by atoms with Crippen LogP contribution in [0.3, 0.4) is 0 Å². The van der Waals surface area contributed by atoms with Crippen molar-refractivity contribution in [1.29, 1.82) is 0 Å². The quantitative estimate of drug-likeness (QED) is 0.303. The molecule has 7 heteroatoms. The van der Waals surface area contributed by atoms with Crippen LogP contribution in [0.1, 0.15) is 36.9 Å². The lowest BCUT2D eigenvalue weighted by atomic mass is 9.95. The summed E-state index contributed by atoms with van der Waals surface area (Å²) in [5.74, 6) is -0.761. The minimum absolute atomic E-state index is 0.107. The largest absolute Gasteiger partial charge is 0.507 e. The van der Waals surface area contributed by atoms with E-state index in [0.717, 1.165) is 12.0 Å². The van der Waals surface area contributed by atoms with Gasteiger partial charge < -0.3 is 19.3 Å². The number of imidazole rings is 1. The second-order valence-corrected chi connectivity index (χ2v) is 7.93. The molecule has 1 saturated heterocycles. The van der Waals surface area contributed by atoms with Gasteiger partial charge in [-0.05, 0) is 42.7 Å². The molecule has 0 radical (unpaired) electrons. The molecule has 0 bridgehead atoms. The molecule has 1 amide bonds. The number of amides is 1. The van der Waals surface area contributed by atoms with Gasteiger partial charge >= 0.3 is 0 Å². The first-order chi connectivity index (χ1) is 16.1. The van der Waals surface area contributed by atoms with Gasteiger partial charge in [0.15, 0.2) is 0 Å². The number of ether oxygens (including phenoxy) is 1. The predicted octanol–water partition coefficient (Wildman–Crippen LogP) is 4.18. The van der Waals surface area contributed by atoms with Crippen LogP contribution in [0.5, 0.6) is 5.75 Å². The Kier molecular flexibility index (Phi) is 6.88. The van der Waals surface area contributed by atoms with E-state index in [1.807, 2.05) is 48.0 Å². The van der Waals surface area contributed by atoms with Crippen LogP contribution >= 0.6 is 0 Å². The van der Waals surface area contributed by atoms with Gasteiger partial charge in [-0.2, -0.15) is 0 Å². The summed E-state index contributed by atoms with van der Waals surface area (Å²) in [6.45, 7) is 3.67. The number of carbonyl (C=O) groups is 2. The summed E-state index contributed by atoms with van der Waals surface area (Å²) in [7, 11) is 0. The number of Topliss-reactive ketones (excluding diaryl/α,β-unsaturated/α-hetero) is 1. The highest BCUT2D eigenvalue weighted by atomic mass is 16.5. The minimum Gasteiger partial charge on any atom is -0.507 e. The van der Waals surface area contributed by atoms with Crippen molar-refractivity contribution in [2.75, 3.05) is 13.2 Å². The van der Waals surface area contributed by atoms with Crippen LogP contribution in [-0.2, 0) is 16.1 Å². The van der Waals surface area contributed by atoms with Crippen LogP contribution in [-0.4, -0.2) is 44.4 Å². The number of aliphatic hydroxyl groups is 1. The van der Waals surface area contributed by atoms with Gasteiger partial charge in [-0.3, -0.25) is 9.59 Å². The first-order valence-corrected chi connectivity index (χ1v) is 11.1. The molecule has 170 valence electrons. The van der Waals surface area contributed by atoms with Crippen LogP contribution in [0.2, 0.25) is 0 Å². The highest BCUT2D eigenvalue weighted by Crippen LogP contribution is 2.39. The van der Waals surface area contributed by atoms with Gasteiger partial charge in [0.1, 0.15) is 11.5 Å². The van der Waals surface area contributed by atoms with E-state index in [1.165, 1.54) is 0 Å². The van der Waals surface area contributed by atoms with Gasteiger partial charge in [0, 0.05) is 31.0 Å². The third kappa shape index (κ3) is 4.82. The molecule has 3 aromatic rings. The topological polar surface area (TPSA) is 84.7 Å². The standard InChI is InChI=1S/C26H27N3O4/c1-2-17-33-21-11-9-20(10-12-21)24(30)22-23(19-7-4-3-5-8-19)29(26(32)25(22)31)15-6-14-28-16-13-27-18-28/h3-5,7-13,16,18,23,30H,2,6,14-15,17H2,1H3/t23-/m1/s1. The molecule has 0 saturated carbocycles. The molecular weight excluding hydrogens is 418 g/mol. The number of hydrogen-bond acceptors (Lipinski definition) is 5. The summed E-state index contributed by atoms with van der Waals surface area (Å²) in [6.07, 6.45) is 6.82. The van der Waals surface area contributed by atoms with E-state index in [9.17, 15) is 14.7 Å². The van der Waals surface area contributed by atoms with Crippen molar-refractivity contribution in [3.8, 4) is 5.75 Å². The average Bonchev–Trinajstić information content (AvgIpc) is 3.45. The third-order valence-corrected chi connectivity index (χ3v) is 5.63. The van der Waals surface area contributed by atoms with Crippen LogP contribution in [0.15, 0.2) is 78.9 Å². The van der Waals surface area contributed by atoms with E-state index in [2.05, 4.69) is 4.98 Å². The fraction of sp³-hybridized carbons (Fsp3) is 0.269. The van der Waals surface area contributed by atoms with Gasteiger partial charge in [-0.1, -0.05) is 37.3 Å². The smallest absolute Gasteiger partial charge is 0.295 e. The van der Waals surface area contributed by atoms with Gasteiger partial charge in [-0.15, -0.1) is 0 Å². The van der Waals surface area contributed by atoms with Gasteiger partial charge in [-0.25, -0.2) is 4.98 Å². The zero-order valence-electron chi connectivity index (χ0n) is 18.6. The Morgan fingerprint density at radius 1 is 1.06 bits per heavy atom. The molecule has 1 fully saturated rings. The first-order valence-electron chi connectivity index (χ1n) is 11.1. The van der Waals surface area contributed by atoms with E-state index in [0.29, 0.717) is 37.4 Å². The zero-order valence-corrected chi connectivity index (χ0v) is 18.6. The number of rotatable bonds is 9. The Bertz CT molecular complexity index is 1120. The number of aromatic nitrogens is 2. The normalized spacial score (nSPS) is 17.5. The number of likely N-dealkylation sites (tertiary alicyclic amines) is 1. The van der Waals surface area contributed by atoms with Gasteiger partial charge in [0.2, 0.25) is 0 Å².